The van der Waals surface area contributed by atoms with Crippen LogP contribution in [-0.2, 0) is 0 Å². The number of aromatic nitrogens is 3. The van der Waals surface area contributed by atoms with E-state index in [2.05, 4.69) is 20.7 Å². The number of anilines is 1. The highest BCUT2D eigenvalue weighted by atomic mass is 16.2. The van der Waals surface area contributed by atoms with Crippen LogP contribution in [-0.4, -0.2) is 41.5 Å². The summed E-state index contributed by atoms with van der Waals surface area (Å²) in [6.45, 7) is 3.55. The maximum Gasteiger partial charge on any atom is 0.274 e. The van der Waals surface area contributed by atoms with Gasteiger partial charge in [-0.2, -0.15) is 10.4 Å². The molecular weight excluding hydrogens is 367 g/mol. The van der Waals surface area contributed by atoms with E-state index in [0.717, 1.165) is 5.56 Å². The summed E-state index contributed by atoms with van der Waals surface area (Å²) in [6.07, 6.45) is 1.59. The number of rotatable bonds is 4. The number of carbonyl (C=O) groups excluding carboxylic acids is 2. The van der Waals surface area contributed by atoms with Gasteiger partial charge in [0.2, 0.25) is 0 Å². The van der Waals surface area contributed by atoms with Crippen molar-refractivity contribution < 1.29 is 9.59 Å². The number of amides is 2. The van der Waals surface area contributed by atoms with Crippen LogP contribution in [0.15, 0.2) is 36.5 Å². The van der Waals surface area contributed by atoms with Crippen LogP contribution in [0.2, 0.25) is 0 Å². The number of nitrogens with zero attached hydrogens (tertiary/aromatic N) is 4. The molecule has 0 fully saturated rings. The molecule has 0 aliphatic carbocycles. The average molecular weight is 384 g/mol. The molecular formula is C20H17BN6O2. The highest BCUT2D eigenvalue weighted by Gasteiger charge is 2.21. The first-order valence-corrected chi connectivity index (χ1v) is 8.71. The van der Waals surface area contributed by atoms with Gasteiger partial charge >= 0.3 is 0 Å². The molecule has 0 aliphatic rings. The van der Waals surface area contributed by atoms with Gasteiger partial charge < -0.3 is 10.6 Å². The minimum Gasteiger partial charge on any atom is -0.355 e. The Labute approximate surface area is 169 Å². The van der Waals surface area contributed by atoms with Gasteiger partial charge in [0.25, 0.3) is 11.8 Å². The van der Waals surface area contributed by atoms with Crippen LogP contribution in [0.4, 0.5) is 5.69 Å². The third kappa shape index (κ3) is 3.87. The van der Waals surface area contributed by atoms with Crippen molar-refractivity contribution in [3.05, 3.63) is 64.5 Å². The molecule has 0 atom stereocenters. The molecule has 0 bridgehead atoms. The van der Waals surface area contributed by atoms with Crippen molar-refractivity contribution in [2.45, 2.75) is 13.8 Å². The standard InChI is InChI=1S/C20H17BN6O2/c1-11-5-4-6-24-18(11)27-15(9-16(21)26-27)20(29)25-17-12(2)7-13(10-22)8-14(17)19(28)23-3/h4-9H,1-3H3,(H,23,28)(H,25,29). The topological polar surface area (TPSA) is 113 Å². The summed E-state index contributed by atoms with van der Waals surface area (Å²) < 4.78 is 1.36. The largest absolute Gasteiger partial charge is 0.355 e. The van der Waals surface area contributed by atoms with Crippen LogP contribution < -0.4 is 16.2 Å². The quantitative estimate of drug-likeness (QED) is 0.656. The number of pyridine rings is 1. The molecule has 9 heteroatoms. The molecule has 3 rings (SSSR count). The van der Waals surface area contributed by atoms with Crippen molar-refractivity contribution in [2.24, 2.45) is 0 Å². The lowest BCUT2D eigenvalue weighted by Crippen LogP contribution is -2.24. The molecule has 0 saturated heterocycles. The third-order valence-corrected chi connectivity index (χ3v) is 4.32. The van der Waals surface area contributed by atoms with E-state index in [1.54, 1.807) is 25.3 Å². The maximum atomic E-state index is 13.1. The van der Waals surface area contributed by atoms with E-state index in [9.17, 15) is 14.9 Å². The second kappa shape index (κ2) is 7.98. The zero-order valence-corrected chi connectivity index (χ0v) is 16.1. The van der Waals surface area contributed by atoms with Crippen molar-refractivity contribution >= 4 is 30.9 Å². The lowest BCUT2D eigenvalue weighted by molar-refractivity contribution is 0.0964. The van der Waals surface area contributed by atoms with E-state index in [-0.39, 0.29) is 16.9 Å². The highest BCUT2D eigenvalue weighted by Crippen LogP contribution is 2.24. The number of nitrogens with one attached hydrogen (secondary N) is 2. The van der Waals surface area contributed by atoms with E-state index >= 15 is 0 Å². The van der Waals surface area contributed by atoms with Gasteiger partial charge in [-0.15, -0.1) is 0 Å². The fourth-order valence-corrected chi connectivity index (χ4v) is 2.93. The molecule has 3 aromatic rings. The van der Waals surface area contributed by atoms with Crippen LogP contribution in [0.25, 0.3) is 5.82 Å². The molecule has 0 unspecified atom stereocenters. The minimum atomic E-state index is -0.516. The van der Waals surface area contributed by atoms with Crippen LogP contribution in [0.5, 0.6) is 0 Å². The summed E-state index contributed by atoms with van der Waals surface area (Å²) in [5, 5.41) is 18.6. The normalized spacial score (nSPS) is 10.3. The van der Waals surface area contributed by atoms with Gasteiger partial charge in [0.15, 0.2) is 5.82 Å². The number of hydrogen-bond acceptors (Lipinski definition) is 5. The Hall–Kier alpha value is -3.93. The molecule has 0 aliphatic heterocycles. The Bertz CT molecular complexity index is 1160. The fourth-order valence-electron chi connectivity index (χ4n) is 2.93. The summed E-state index contributed by atoms with van der Waals surface area (Å²) >= 11 is 0. The summed E-state index contributed by atoms with van der Waals surface area (Å²) in [7, 11) is 7.30. The Morgan fingerprint density at radius 1 is 1.17 bits per heavy atom. The molecule has 8 nitrogen and oxygen atoms in total. The second-order valence-electron chi connectivity index (χ2n) is 6.37. The number of aryl methyl sites for hydroxylation is 2. The van der Waals surface area contributed by atoms with Crippen molar-refractivity contribution in [1.82, 2.24) is 20.1 Å². The SMILES string of the molecule is [B]c1cc(C(=O)Nc2c(C)cc(C#N)cc2C(=O)NC)n(-c2ncccc2C)n1. The van der Waals surface area contributed by atoms with E-state index < -0.39 is 11.8 Å². The Morgan fingerprint density at radius 3 is 2.59 bits per heavy atom. The van der Waals surface area contributed by atoms with Crippen LogP contribution in [0.1, 0.15) is 37.5 Å². The molecule has 142 valence electrons. The van der Waals surface area contributed by atoms with Gasteiger partial charge in [-0.3, -0.25) is 9.59 Å². The predicted octanol–water partition coefficient (Wildman–Crippen LogP) is 1.16. The van der Waals surface area contributed by atoms with Crippen LogP contribution in [0.3, 0.4) is 0 Å². The van der Waals surface area contributed by atoms with Crippen LogP contribution in [0, 0.1) is 25.2 Å². The highest BCUT2D eigenvalue weighted by molar-refractivity contribution is 6.31. The fraction of sp³-hybridized carbons (Fsp3) is 0.150. The van der Waals surface area contributed by atoms with E-state index in [0.29, 0.717) is 22.6 Å². The maximum absolute atomic E-state index is 13.1. The van der Waals surface area contributed by atoms with Gasteiger partial charge in [0.05, 0.1) is 22.9 Å². The molecule has 2 aromatic heterocycles. The van der Waals surface area contributed by atoms with Gasteiger partial charge in [0, 0.05) is 18.8 Å². The summed E-state index contributed by atoms with van der Waals surface area (Å²) in [6, 6.07) is 10.1. The van der Waals surface area contributed by atoms with Crippen molar-refractivity contribution in [2.75, 3.05) is 12.4 Å². The third-order valence-electron chi connectivity index (χ3n) is 4.32. The molecule has 2 amide bonds. The Morgan fingerprint density at radius 2 is 1.93 bits per heavy atom. The molecule has 0 saturated carbocycles. The summed E-state index contributed by atoms with van der Waals surface area (Å²) in [4.78, 5) is 29.6. The van der Waals surface area contributed by atoms with Crippen LogP contribution >= 0.6 is 0 Å². The minimum absolute atomic E-state index is 0.156. The summed E-state index contributed by atoms with van der Waals surface area (Å²) in [5.41, 5.74) is 2.51. The predicted molar refractivity (Wildman–Crippen MR) is 109 cm³/mol. The van der Waals surface area contributed by atoms with Crippen molar-refractivity contribution in [3.8, 4) is 11.9 Å². The van der Waals surface area contributed by atoms with Gasteiger partial charge in [0.1, 0.15) is 13.5 Å². The first-order chi connectivity index (χ1) is 13.8. The Kier molecular flexibility index (Phi) is 5.46. The Balaban J connectivity index is 2.06. The van der Waals surface area contributed by atoms with E-state index in [1.165, 1.54) is 23.9 Å². The smallest absolute Gasteiger partial charge is 0.274 e. The molecule has 2 N–H and O–H groups in total. The number of hydrogen-bond donors (Lipinski definition) is 2. The monoisotopic (exact) mass is 384 g/mol. The number of nitriles is 1. The molecule has 2 heterocycles. The van der Waals surface area contributed by atoms with Crippen molar-refractivity contribution in [3.63, 3.8) is 0 Å². The van der Waals surface area contributed by atoms with Gasteiger partial charge in [-0.1, -0.05) is 6.07 Å². The van der Waals surface area contributed by atoms with Gasteiger partial charge in [-0.25, -0.2) is 9.67 Å². The van der Waals surface area contributed by atoms with E-state index in [4.69, 9.17) is 7.85 Å². The molecule has 1 aromatic carbocycles. The molecule has 2 radical (unpaired) electrons. The van der Waals surface area contributed by atoms with Gasteiger partial charge in [-0.05, 0) is 49.2 Å². The first kappa shape index (κ1) is 19.8. The first-order valence-electron chi connectivity index (χ1n) is 8.71. The lowest BCUT2D eigenvalue weighted by atomic mass is 10.0. The molecule has 0 spiro atoms. The van der Waals surface area contributed by atoms with Crippen molar-refractivity contribution in [1.29, 1.82) is 5.26 Å². The van der Waals surface area contributed by atoms with E-state index in [1.807, 2.05) is 19.1 Å². The molecule has 29 heavy (non-hydrogen) atoms. The number of carbonyl (C=O) groups is 2. The number of benzene rings is 1. The average Bonchev–Trinajstić information content (AvgIpc) is 3.10. The zero-order valence-electron chi connectivity index (χ0n) is 16.1. The summed E-state index contributed by atoms with van der Waals surface area (Å²) in [5.74, 6) is -0.469. The second-order valence-corrected chi connectivity index (χ2v) is 6.37. The lowest BCUT2D eigenvalue weighted by Gasteiger charge is -2.15. The zero-order chi connectivity index (χ0) is 21.1.